The first-order valence-electron chi connectivity index (χ1n) is 7.82. The molecule has 0 saturated heterocycles. The Kier molecular flexibility index (Phi) is 10.9. The Morgan fingerprint density at radius 1 is 1.05 bits per heavy atom. The van der Waals surface area contributed by atoms with Crippen molar-refractivity contribution >= 4 is 5.91 Å². The quantitative estimate of drug-likeness (QED) is 0.624. The highest BCUT2D eigenvalue weighted by Gasteiger charge is 2.10. The first kappa shape index (κ1) is 18.4. The van der Waals surface area contributed by atoms with Crippen LogP contribution >= 0.6 is 0 Å². The van der Waals surface area contributed by atoms with E-state index in [-0.39, 0.29) is 5.91 Å². The molecule has 0 rings (SSSR count). The molecular formula is C15H33N3O. The zero-order chi connectivity index (χ0) is 14.7. The van der Waals surface area contributed by atoms with Gasteiger partial charge in [-0.25, -0.2) is 0 Å². The molecule has 0 aromatic rings. The summed E-state index contributed by atoms with van der Waals surface area (Å²) < 4.78 is 0. The molecule has 19 heavy (non-hydrogen) atoms. The summed E-state index contributed by atoms with van der Waals surface area (Å²) in [6.45, 7) is 16.1. The summed E-state index contributed by atoms with van der Waals surface area (Å²) in [6.07, 6.45) is 2.32. The Bertz CT molecular complexity index is 225. The molecule has 1 atom stereocenters. The molecule has 0 bridgehead atoms. The Morgan fingerprint density at radius 3 is 2.11 bits per heavy atom. The van der Waals surface area contributed by atoms with Crippen LogP contribution in [0.5, 0.6) is 0 Å². The molecule has 1 unspecified atom stereocenters. The molecule has 0 aliphatic rings. The molecule has 0 saturated carbocycles. The SMILES string of the molecule is CCN(CC)CCCC(C)NCC(=O)N(CC)CC. The highest BCUT2D eigenvalue weighted by molar-refractivity contribution is 5.78. The molecule has 0 radical (unpaired) electrons. The maximum Gasteiger partial charge on any atom is 0.236 e. The minimum atomic E-state index is 0.209. The van der Waals surface area contributed by atoms with Crippen molar-refractivity contribution in [2.45, 2.75) is 53.5 Å². The molecule has 0 aromatic carbocycles. The van der Waals surface area contributed by atoms with Gasteiger partial charge in [-0.1, -0.05) is 13.8 Å². The third kappa shape index (κ3) is 8.22. The smallest absolute Gasteiger partial charge is 0.236 e. The zero-order valence-electron chi connectivity index (χ0n) is 13.5. The molecule has 0 aromatic heterocycles. The number of amides is 1. The summed E-state index contributed by atoms with van der Waals surface area (Å²) in [6, 6.07) is 0.412. The minimum absolute atomic E-state index is 0.209. The highest BCUT2D eigenvalue weighted by Crippen LogP contribution is 1.99. The molecule has 114 valence electrons. The number of nitrogens with one attached hydrogen (secondary N) is 1. The number of nitrogens with zero attached hydrogens (tertiary/aromatic N) is 2. The summed E-state index contributed by atoms with van der Waals surface area (Å²) in [4.78, 5) is 16.1. The van der Waals surface area contributed by atoms with Crippen molar-refractivity contribution in [3.63, 3.8) is 0 Å². The maximum absolute atomic E-state index is 11.8. The van der Waals surface area contributed by atoms with Gasteiger partial charge in [-0.2, -0.15) is 0 Å². The van der Waals surface area contributed by atoms with E-state index in [1.165, 1.54) is 6.42 Å². The Balaban J connectivity index is 3.75. The van der Waals surface area contributed by atoms with Gasteiger partial charge in [0.25, 0.3) is 0 Å². The fourth-order valence-electron chi connectivity index (χ4n) is 2.21. The molecule has 0 aliphatic carbocycles. The summed E-state index contributed by atoms with van der Waals surface area (Å²) in [7, 11) is 0. The molecule has 0 fully saturated rings. The van der Waals surface area contributed by atoms with Gasteiger partial charge in [0.05, 0.1) is 6.54 Å². The van der Waals surface area contributed by atoms with Crippen molar-refractivity contribution in [3.8, 4) is 0 Å². The van der Waals surface area contributed by atoms with Crippen LogP contribution < -0.4 is 5.32 Å². The van der Waals surface area contributed by atoms with Crippen LogP contribution in [-0.4, -0.2) is 61.0 Å². The van der Waals surface area contributed by atoms with Gasteiger partial charge < -0.3 is 15.1 Å². The third-order valence-corrected chi connectivity index (χ3v) is 3.72. The van der Waals surface area contributed by atoms with Gasteiger partial charge in [-0.05, 0) is 53.2 Å². The normalized spacial score (nSPS) is 12.7. The molecular weight excluding hydrogens is 238 g/mol. The van der Waals surface area contributed by atoms with E-state index in [0.717, 1.165) is 39.1 Å². The standard InChI is InChI=1S/C15H33N3O/c1-6-17(7-2)12-10-11-14(5)16-13-15(19)18(8-3)9-4/h14,16H,6-13H2,1-5H3. The van der Waals surface area contributed by atoms with Crippen LogP contribution in [0.2, 0.25) is 0 Å². The molecule has 4 nitrogen and oxygen atoms in total. The van der Waals surface area contributed by atoms with Gasteiger partial charge in [0.15, 0.2) is 0 Å². The minimum Gasteiger partial charge on any atom is -0.342 e. The second-order valence-electron chi connectivity index (χ2n) is 5.02. The van der Waals surface area contributed by atoms with Crippen molar-refractivity contribution in [2.75, 3.05) is 39.3 Å². The Hall–Kier alpha value is -0.610. The van der Waals surface area contributed by atoms with Gasteiger partial charge in [-0.3, -0.25) is 4.79 Å². The lowest BCUT2D eigenvalue weighted by Gasteiger charge is -2.22. The number of carbonyl (C=O) groups excluding carboxylic acids is 1. The lowest BCUT2D eigenvalue weighted by molar-refractivity contribution is -0.129. The number of hydrogen-bond acceptors (Lipinski definition) is 3. The van der Waals surface area contributed by atoms with Crippen LogP contribution in [0.1, 0.15) is 47.5 Å². The predicted octanol–water partition coefficient (Wildman–Crippen LogP) is 1.95. The monoisotopic (exact) mass is 271 g/mol. The molecule has 0 heterocycles. The van der Waals surface area contributed by atoms with Crippen molar-refractivity contribution in [2.24, 2.45) is 0 Å². The Morgan fingerprint density at radius 2 is 1.63 bits per heavy atom. The molecule has 4 heteroatoms. The topological polar surface area (TPSA) is 35.6 Å². The van der Waals surface area contributed by atoms with Gasteiger partial charge in [0.2, 0.25) is 5.91 Å². The molecule has 1 N–H and O–H groups in total. The number of rotatable bonds is 11. The van der Waals surface area contributed by atoms with Crippen LogP contribution in [0.3, 0.4) is 0 Å². The van der Waals surface area contributed by atoms with E-state index in [9.17, 15) is 4.79 Å². The lowest BCUT2D eigenvalue weighted by Crippen LogP contribution is -2.41. The van der Waals surface area contributed by atoms with Crippen LogP contribution in [-0.2, 0) is 4.79 Å². The van der Waals surface area contributed by atoms with E-state index >= 15 is 0 Å². The Labute approximate surface area is 119 Å². The average molecular weight is 271 g/mol. The number of carbonyl (C=O) groups is 1. The van der Waals surface area contributed by atoms with Gasteiger partial charge in [0, 0.05) is 19.1 Å². The lowest BCUT2D eigenvalue weighted by atomic mass is 10.1. The van der Waals surface area contributed by atoms with Crippen LogP contribution in [0.25, 0.3) is 0 Å². The summed E-state index contributed by atoms with van der Waals surface area (Å²) in [5.74, 6) is 0.209. The van der Waals surface area contributed by atoms with E-state index in [1.54, 1.807) is 0 Å². The first-order valence-corrected chi connectivity index (χ1v) is 7.82. The van der Waals surface area contributed by atoms with E-state index < -0.39 is 0 Å². The van der Waals surface area contributed by atoms with Gasteiger partial charge >= 0.3 is 0 Å². The summed E-state index contributed by atoms with van der Waals surface area (Å²) >= 11 is 0. The molecule has 1 amide bonds. The van der Waals surface area contributed by atoms with Crippen LogP contribution in [0.15, 0.2) is 0 Å². The number of likely N-dealkylation sites (N-methyl/N-ethyl adjacent to an activating group) is 1. The van der Waals surface area contributed by atoms with Crippen molar-refractivity contribution in [3.05, 3.63) is 0 Å². The van der Waals surface area contributed by atoms with E-state index in [2.05, 4.69) is 31.0 Å². The summed E-state index contributed by atoms with van der Waals surface area (Å²) in [5.41, 5.74) is 0. The third-order valence-electron chi connectivity index (χ3n) is 3.72. The average Bonchev–Trinajstić information content (AvgIpc) is 2.42. The van der Waals surface area contributed by atoms with Crippen molar-refractivity contribution in [1.82, 2.24) is 15.1 Å². The van der Waals surface area contributed by atoms with Gasteiger partial charge in [0.1, 0.15) is 0 Å². The summed E-state index contributed by atoms with van der Waals surface area (Å²) in [5, 5.41) is 3.33. The largest absolute Gasteiger partial charge is 0.342 e. The van der Waals surface area contributed by atoms with E-state index in [4.69, 9.17) is 0 Å². The number of hydrogen-bond donors (Lipinski definition) is 1. The van der Waals surface area contributed by atoms with Crippen molar-refractivity contribution in [1.29, 1.82) is 0 Å². The van der Waals surface area contributed by atoms with Crippen molar-refractivity contribution < 1.29 is 4.79 Å². The fourth-order valence-corrected chi connectivity index (χ4v) is 2.21. The molecule has 0 aliphatic heterocycles. The van der Waals surface area contributed by atoms with Gasteiger partial charge in [-0.15, -0.1) is 0 Å². The second-order valence-corrected chi connectivity index (χ2v) is 5.02. The van der Waals surface area contributed by atoms with Crippen LogP contribution in [0, 0.1) is 0 Å². The fraction of sp³-hybridized carbons (Fsp3) is 0.933. The maximum atomic E-state index is 11.8. The predicted molar refractivity (Wildman–Crippen MR) is 82.4 cm³/mol. The second kappa shape index (κ2) is 11.2. The highest BCUT2D eigenvalue weighted by atomic mass is 16.2. The molecule has 0 spiro atoms. The zero-order valence-corrected chi connectivity index (χ0v) is 13.5. The van der Waals surface area contributed by atoms with E-state index in [1.807, 2.05) is 18.7 Å². The van der Waals surface area contributed by atoms with Crippen LogP contribution in [0.4, 0.5) is 0 Å². The van der Waals surface area contributed by atoms with E-state index in [0.29, 0.717) is 12.6 Å². The first-order chi connectivity index (χ1) is 9.08.